The van der Waals surface area contributed by atoms with Crippen LogP contribution < -0.4 is 0 Å². The Bertz CT molecular complexity index is 393. The fourth-order valence-corrected chi connectivity index (χ4v) is 4.35. The maximum Gasteiger partial charge on any atom is 0.302 e. The van der Waals surface area contributed by atoms with E-state index in [2.05, 4.69) is 42.8 Å². The van der Waals surface area contributed by atoms with Crippen molar-refractivity contribution in [1.82, 2.24) is 0 Å². The van der Waals surface area contributed by atoms with E-state index in [-0.39, 0.29) is 17.5 Å². The first-order valence-electron chi connectivity index (χ1n) is 6.91. The van der Waals surface area contributed by atoms with Crippen LogP contribution in [0.2, 0.25) is 0 Å². The molecule has 1 heterocycles. The van der Waals surface area contributed by atoms with Gasteiger partial charge in [-0.2, -0.15) is 0 Å². The number of alkyl halides is 1. The van der Waals surface area contributed by atoms with E-state index in [1.54, 1.807) is 0 Å². The van der Waals surface area contributed by atoms with E-state index in [1.807, 2.05) is 0 Å². The summed E-state index contributed by atoms with van der Waals surface area (Å²) in [7, 11) is 0. The molecule has 4 heteroatoms. The Kier molecular flexibility index (Phi) is 4.41. The predicted molar refractivity (Wildman–Crippen MR) is 78.2 cm³/mol. The summed E-state index contributed by atoms with van der Waals surface area (Å²) in [5, 5.41) is 0.852. The van der Waals surface area contributed by atoms with E-state index in [9.17, 15) is 4.79 Å². The van der Waals surface area contributed by atoms with Crippen molar-refractivity contribution in [2.75, 3.05) is 18.5 Å². The number of allylic oxidation sites excluding steroid dienone is 1. The van der Waals surface area contributed by atoms with E-state index in [1.165, 1.54) is 12.5 Å². The lowest BCUT2D eigenvalue weighted by Gasteiger charge is -2.55. The van der Waals surface area contributed by atoms with Gasteiger partial charge >= 0.3 is 5.97 Å². The second kappa shape index (κ2) is 5.57. The fraction of sp³-hybridized carbons (Fsp3) is 0.800. The highest BCUT2D eigenvalue weighted by molar-refractivity contribution is 9.09. The van der Waals surface area contributed by atoms with Gasteiger partial charge in [0.2, 0.25) is 0 Å². The van der Waals surface area contributed by atoms with Crippen LogP contribution in [0.15, 0.2) is 11.6 Å². The quantitative estimate of drug-likeness (QED) is 0.453. The number of carbonyl (C=O) groups excluding carboxylic acids is 1. The summed E-state index contributed by atoms with van der Waals surface area (Å²) in [5.41, 5.74) is 1.33. The lowest BCUT2D eigenvalue weighted by molar-refractivity contribution is -0.174. The number of rotatable bonds is 3. The van der Waals surface area contributed by atoms with Crippen LogP contribution in [0.3, 0.4) is 0 Å². The van der Waals surface area contributed by atoms with Crippen LogP contribution in [0.5, 0.6) is 0 Å². The van der Waals surface area contributed by atoms with E-state index >= 15 is 0 Å². The van der Waals surface area contributed by atoms with Crippen LogP contribution in [0.25, 0.3) is 0 Å². The van der Waals surface area contributed by atoms with Crippen LogP contribution in [-0.4, -0.2) is 30.6 Å². The van der Waals surface area contributed by atoms with Gasteiger partial charge < -0.3 is 9.47 Å². The molecule has 1 saturated heterocycles. The Balaban J connectivity index is 2.31. The lowest BCUT2D eigenvalue weighted by Crippen LogP contribution is -2.57. The Morgan fingerprint density at radius 3 is 2.84 bits per heavy atom. The maximum absolute atomic E-state index is 11.2. The first-order chi connectivity index (χ1) is 8.92. The molecule has 0 spiro atoms. The van der Waals surface area contributed by atoms with E-state index in [0.717, 1.165) is 5.33 Å². The zero-order chi connectivity index (χ0) is 14.2. The topological polar surface area (TPSA) is 35.5 Å². The first kappa shape index (κ1) is 15.0. The normalized spacial score (nSPS) is 41.6. The van der Waals surface area contributed by atoms with Crippen molar-refractivity contribution in [2.45, 2.75) is 33.8 Å². The van der Waals surface area contributed by atoms with Gasteiger partial charge in [-0.3, -0.25) is 4.79 Å². The molecule has 0 radical (unpaired) electrons. The Hall–Kier alpha value is -0.350. The molecule has 0 N–H and O–H groups in total. The van der Waals surface area contributed by atoms with Crippen LogP contribution in [0.4, 0.5) is 0 Å². The second-order valence-corrected chi connectivity index (χ2v) is 6.68. The summed E-state index contributed by atoms with van der Waals surface area (Å²) in [6.07, 6.45) is 2.57. The van der Waals surface area contributed by atoms with Gasteiger partial charge in [0.25, 0.3) is 0 Å². The molecule has 3 nitrogen and oxygen atoms in total. The number of esters is 1. The first-order valence-corrected chi connectivity index (χ1v) is 8.03. The van der Waals surface area contributed by atoms with Crippen molar-refractivity contribution in [3.63, 3.8) is 0 Å². The third-order valence-electron chi connectivity index (χ3n) is 5.05. The second-order valence-electron chi connectivity index (χ2n) is 6.03. The van der Waals surface area contributed by atoms with Gasteiger partial charge in [-0.05, 0) is 18.8 Å². The number of ether oxygens (including phenoxy) is 2. The fourth-order valence-electron chi connectivity index (χ4n) is 3.76. The highest BCUT2D eigenvalue weighted by Gasteiger charge is 2.53. The van der Waals surface area contributed by atoms with Gasteiger partial charge in [0.05, 0.1) is 19.3 Å². The molecule has 0 aromatic carbocycles. The third kappa shape index (κ3) is 2.49. The minimum atomic E-state index is -0.209. The smallest absolute Gasteiger partial charge is 0.302 e. The molecule has 0 amide bonds. The zero-order valence-electron chi connectivity index (χ0n) is 12.1. The summed E-state index contributed by atoms with van der Waals surface area (Å²) >= 11 is 3.55. The van der Waals surface area contributed by atoms with E-state index in [4.69, 9.17) is 9.47 Å². The molecule has 3 unspecified atom stereocenters. The van der Waals surface area contributed by atoms with Gasteiger partial charge in [-0.1, -0.05) is 41.4 Å². The van der Waals surface area contributed by atoms with Gasteiger partial charge in [-0.25, -0.2) is 0 Å². The van der Waals surface area contributed by atoms with E-state index in [0.29, 0.717) is 31.0 Å². The van der Waals surface area contributed by atoms with Crippen LogP contribution in [-0.2, 0) is 14.3 Å². The number of halogens is 1. The van der Waals surface area contributed by atoms with Crippen molar-refractivity contribution in [2.24, 2.45) is 23.2 Å². The molecule has 1 aliphatic carbocycles. The Morgan fingerprint density at radius 1 is 1.58 bits per heavy atom. The lowest BCUT2D eigenvalue weighted by atomic mass is 9.56. The standard InChI is InChI=1S/C15H23BrO3/c1-9-5-10(2)15(7-18-12(4)17)8-19-13(6-16)14(9)11(15)3/h5,10-11,13-14H,6-8H2,1-4H3/t10?,11-,13?,14?,15+/m1/s1. The molecule has 2 aliphatic rings. The van der Waals surface area contributed by atoms with E-state index < -0.39 is 0 Å². The maximum atomic E-state index is 11.2. The third-order valence-corrected chi connectivity index (χ3v) is 5.69. The van der Waals surface area contributed by atoms with Crippen molar-refractivity contribution >= 4 is 21.9 Å². The molecule has 2 bridgehead atoms. The predicted octanol–water partition coefficient (Wildman–Crippen LogP) is 3.18. The van der Waals surface area contributed by atoms with Gasteiger partial charge in [0, 0.05) is 23.6 Å². The number of hydrogen-bond acceptors (Lipinski definition) is 3. The van der Waals surface area contributed by atoms with Gasteiger partial charge in [0.1, 0.15) is 0 Å². The minimum Gasteiger partial charge on any atom is -0.465 e. The molecule has 1 aliphatic heterocycles. The van der Waals surface area contributed by atoms with Crippen LogP contribution in [0.1, 0.15) is 27.7 Å². The molecule has 2 rings (SSSR count). The Labute approximate surface area is 123 Å². The molecule has 1 fully saturated rings. The van der Waals surface area contributed by atoms with Crippen molar-refractivity contribution in [3.8, 4) is 0 Å². The summed E-state index contributed by atoms with van der Waals surface area (Å²) in [6.45, 7) is 9.27. The largest absolute Gasteiger partial charge is 0.465 e. The number of carbonyl (C=O) groups is 1. The molecular weight excluding hydrogens is 308 g/mol. The molecule has 0 aromatic rings. The van der Waals surface area contributed by atoms with Crippen LogP contribution in [0, 0.1) is 23.2 Å². The SMILES string of the molecule is CC(=O)OC[C@]12COC(CBr)C(C(C)=CC1C)[C@H]2C. The van der Waals surface area contributed by atoms with Crippen molar-refractivity contribution in [3.05, 3.63) is 11.6 Å². The Morgan fingerprint density at radius 2 is 2.26 bits per heavy atom. The van der Waals surface area contributed by atoms with Gasteiger partial charge in [0.15, 0.2) is 0 Å². The number of fused-ring (bicyclic) bond motifs is 2. The molecule has 5 atom stereocenters. The monoisotopic (exact) mass is 330 g/mol. The average molecular weight is 331 g/mol. The van der Waals surface area contributed by atoms with Gasteiger partial charge in [-0.15, -0.1) is 0 Å². The number of hydrogen-bond donors (Lipinski definition) is 0. The summed E-state index contributed by atoms with van der Waals surface area (Å²) < 4.78 is 11.4. The average Bonchev–Trinajstić information content (AvgIpc) is 2.34. The van der Waals surface area contributed by atoms with Crippen molar-refractivity contribution < 1.29 is 14.3 Å². The minimum absolute atomic E-state index is 0.0749. The van der Waals surface area contributed by atoms with Crippen molar-refractivity contribution in [1.29, 1.82) is 0 Å². The molecule has 0 saturated carbocycles. The summed E-state index contributed by atoms with van der Waals surface area (Å²) in [6, 6.07) is 0. The zero-order valence-corrected chi connectivity index (χ0v) is 13.7. The molecule has 0 aromatic heterocycles. The van der Waals surface area contributed by atoms with Crippen LogP contribution >= 0.6 is 15.9 Å². The molecule has 19 heavy (non-hydrogen) atoms. The molecular formula is C15H23BrO3. The summed E-state index contributed by atoms with van der Waals surface area (Å²) in [5.74, 6) is 1.04. The highest BCUT2D eigenvalue weighted by atomic mass is 79.9. The molecule has 108 valence electrons. The summed E-state index contributed by atoms with van der Waals surface area (Å²) in [4.78, 5) is 11.2. The highest BCUT2D eigenvalue weighted by Crippen LogP contribution is 2.52.